The Labute approximate surface area is 210 Å². The second kappa shape index (κ2) is 9.59. The van der Waals surface area contributed by atoms with Crippen molar-refractivity contribution in [3.63, 3.8) is 0 Å². The van der Waals surface area contributed by atoms with E-state index in [1.54, 1.807) is 0 Å². The number of allylic oxidation sites excluding steroid dienone is 2. The van der Waals surface area contributed by atoms with E-state index < -0.39 is 8.07 Å². The Morgan fingerprint density at radius 1 is 0.514 bits per heavy atom. The van der Waals surface area contributed by atoms with E-state index in [0.29, 0.717) is 0 Å². The predicted octanol–water partition coefficient (Wildman–Crippen LogP) is 8.20. The van der Waals surface area contributed by atoms with Gasteiger partial charge in [0.25, 0.3) is 0 Å². The largest absolute Gasteiger partial charge is 0.261 e. The number of aromatic nitrogens is 2. The van der Waals surface area contributed by atoms with Crippen LogP contribution < -0.4 is 0 Å². The fraction of sp³-hybridized carbons (Fsp3) is 0.188. The van der Waals surface area contributed by atoms with Crippen LogP contribution in [0.4, 0.5) is 0 Å². The highest BCUT2D eigenvalue weighted by molar-refractivity contribution is 7.14. The van der Waals surface area contributed by atoms with E-state index in [-0.39, 0.29) is 0 Å². The van der Waals surface area contributed by atoms with Gasteiger partial charge in [0.05, 0.1) is 0 Å². The van der Waals surface area contributed by atoms with Crippen LogP contribution in [-0.4, -0.2) is 18.0 Å². The fourth-order valence-electron chi connectivity index (χ4n) is 5.67. The first kappa shape index (κ1) is 23.2. The zero-order chi connectivity index (χ0) is 24.4. The van der Waals surface area contributed by atoms with E-state index in [9.17, 15) is 0 Å². The van der Waals surface area contributed by atoms with Crippen molar-refractivity contribution in [3.05, 3.63) is 131 Å². The average Bonchev–Trinajstić information content (AvgIpc) is 3.22. The van der Waals surface area contributed by atoms with Gasteiger partial charge in [0.15, 0.2) is 0 Å². The SMILES string of the molecule is CC[Si]1(CC)C(c2ccc(C)nc2)=C(c2ccccc2)C(c2ccccc2)=C1c1ccc(C)nc1. The highest BCUT2D eigenvalue weighted by Crippen LogP contribution is 2.57. The smallest absolute Gasteiger partial charge is 0.121 e. The Bertz CT molecular complexity index is 1270. The molecule has 35 heavy (non-hydrogen) atoms. The van der Waals surface area contributed by atoms with Gasteiger partial charge in [-0.05, 0) is 69.8 Å². The molecule has 0 radical (unpaired) electrons. The molecule has 3 heteroatoms. The summed E-state index contributed by atoms with van der Waals surface area (Å²) in [6.45, 7) is 8.89. The minimum Gasteiger partial charge on any atom is -0.261 e. The Morgan fingerprint density at radius 3 is 1.23 bits per heavy atom. The molecule has 0 bridgehead atoms. The number of rotatable bonds is 6. The molecule has 0 saturated carbocycles. The van der Waals surface area contributed by atoms with Crippen molar-refractivity contribution in [1.29, 1.82) is 0 Å². The number of nitrogens with zero attached hydrogens (tertiary/aromatic N) is 2. The van der Waals surface area contributed by atoms with Gasteiger partial charge < -0.3 is 0 Å². The summed E-state index contributed by atoms with van der Waals surface area (Å²) in [5, 5.41) is 3.02. The lowest BCUT2D eigenvalue weighted by Gasteiger charge is -2.32. The first-order valence-corrected chi connectivity index (χ1v) is 15.0. The normalized spacial score (nSPS) is 15.1. The van der Waals surface area contributed by atoms with Crippen molar-refractivity contribution in [2.24, 2.45) is 0 Å². The van der Waals surface area contributed by atoms with Crippen molar-refractivity contribution < 1.29 is 0 Å². The number of benzene rings is 2. The first-order chi connectivity index (χ1) is 17.1. The molecule has 0 amide bonds. The Balaban J connectivity index is 1.95. The molecule has 1 aliphatic rings. The first-order valence-electron chi connectivity index (χ1n) is 12.6. The van der Waals surface area contributed by atoms with Crippen LogP contribution >= 0.6 is 0 Å². The topological polar surface area (TPSA) is 25.8 Å². The molecule has 0 N–H and O–H groups in total. The highest BCUT2D eigenvalue weighted by Gasteiger charge is 2.48. The van der Waals surface area contributed by atoms with Crippen LogP contribution in [0.3, 0.4) is 0 Å². The number of hydrogen-bond acceptors (Lipinski definition) is 2. The van der Waals surface area contributed by atoms with Crippen LogP contribution in [0.25, 0.3) is 21.5 Å². The zero-order valence-electron chi connectivity index (χ0n) is 21.0. The van der Waals surface area contributed by atoms with Gasteiger partial charge in [0.1, 0.15) is 8.07 Å². The third-order valence-electron chi connectivity index (χ3n) is 7.44. The molecule has 0 spiro atoms. The quantitative estimate of drug-likeness (QED) is 0.264. The third kappa shape index (κ3) is 4.00. The van der Waals surface area contributed by atoms with E-state index in [4.69, 9.17) is 9.97 Å². The molecule has 3 heterocycles. The summed E-state index contributed by atoms with van der Waals surface area (Å²) >= 11 is 0. The number of aryl methyl sites for hydroxylation is 2. The zero-order valence-corrected chi connectivity index (χ0v) is 22.0. The summed E-state index contributed by atoms with van der Waals surface area (Å²) in [6, 6.07) is 33.0. The van der Waals surface area contributed by atoms with E-state index in [1.807, 2.05) is 0 Å². The lowest BCUT2D eigenvalue weighted by Crippen LogP contribution is -2.35. The minimum absolute atomic E-state index is 1.05. The van der Waals surface area contributed by atoms with Crippen molar-refractivity contribution >= 4 is 29.6 Å². The van der Waals surface area contributed by atoms with Crippen LogP contribution in [0.2, 0.25) is 12.1 Å². The summed E-state index contributed by atoms with van der Waals surface area (Å²) < 4.78 is 0. The maximum atomic E-state index is 4.75. The highest BCUT2D eigenvalue weighted by atomic mass is 28.3. The van der Waals surface area contributed by atoms with Crippen molar-refractivity contribution in [1.82, 2.24) is 9.97 Å². The Hall–Kier alpha value is -3.56. The third-order valence-corrected chi connectivity index (χ3v) is 12.8. The maximum Gasteiger partial charge on any atom is 0.121 e. The van der Waals surface area contributed by atoms with Crippen LogP contribution in [0.5, 0.6) is 0 Å². The summed E-state index contributed by atoms with van der Waals surface area (Å²) in [5.41, 5.74) is 9.90. The standard InChI is InChI=1S/C32H32N2Si/c1-5-35(6-2)31(27-19-17-23(3)33-21-27)29(25-13-9-7-10-14-25)30(26-15-11-8-12-16-26)32(35)28-20-18-24(4)34-22-28/h7-22H,5-6H2,1-4H3. The molecule has 2 aromatic heterocycles. The van der Waals surface area contributed by atoms with E-state index in [0.717, 1.165) is 23.5 Å². The Morgan fingerprint density at radius 2 is 0.914 bits per heavy atom. The van der Waals surface area contributed by atoms with Gasteiger partial charge in [0, 0.05) is 23.8 Å². The van der Waals surface area contributed by atoms with Crippen molar-refractivity contribution in [3.8, 4) is 0 Å². The number of hydrogen-bond donors (Lipinski definition) is 0. The summed E-state index contributed by atoms with van der Waals surface area (Å²) in [6.07, 6.45) is 4.19. The second-order valence-corrected chi connectivity index (χ2v) is 14.0. The van der Waals surface area contributed by atoms with Crippen LogP contribution in [-0.2, 0) is 0 Å². The van der Waals surface area contributed by atoms with E-state index in [2.05, 4.69) is 125 Å². The van der Waals surface area contributed by atoms with Crippen molar-refractivity contribution in [2.75, 3.05) is 0 Å². The molecule has 0 unspecified atom stereocenters. The monoisotopic (exact) mass is 472 g/mol. The molecular formula is C32H32N2Si. The predicted molar refractivity (Wildman–Crippen MR) is 151 cm³/mol. The molecule has 1 aliphatic heterocycles. The van der Waals surface area contributed by atoms with Gasteiger partial charge in [-0.15, -0.1) is 0 Å². The van der Waals surface area contributed by atoms with Crippen LogP contribution in [0.1, 0.15) is 47.5 Å². The van der Waals surface area contributed by atoms with Crippen LogP contribution in [0, 0.1) is 13.8 Å². The average molecular weight is 473 g/mol. The summed E-state index contributed by atoms with van der Waals surface area (Å²) in [5.74, 6) is 0. The van der Waals surface area contributed by atoms with Gasteiger partial charge in [-0.2, -0.15) is 0 Å². The molecule has 0 saturated heterocycles. The summed E-state index contributed by atoms with van der Waals surface area (Å²) in [7, 11) is -2.17. The molecule has 0 fully saturated rings. The lowest BCUT2D eigenvalue weighted by molar-refractivity contribution is 1.19. The van der Waals surface area contributed by atoms with Gasteiger partial charge in [-0.25, -0.2) is 0 Å². The van der Waals surface area contributed by atoms with Gasteiger partial charge >= 0.3 is 0 Å². The van der Waals surface area contributed by atoms with Crippen molar-refractivity contribution in [2.45, 2.75) is 39.8 Å². The van der Waals surface area contributed by atoms with Crippen LogP contribution in [0.15, 0.2) is 97.3 Å². The molecule has 2 nitrogen and oxygen atoms in total. The van der Waals surface area contributed by atoms with Gasteiger partial charge in [0.2, 0.25) is 0 Å². The molecule has 4 aromatic rings. The minimum atomic E-state index is -2.17. The molecular weight excluding hydrogens is 440 g/mol. The fourth-order valence-corrected chi connectivity index (χ4v) is 10.7. The van der Waals surface area contributed by atoms with Gasteiger partial charge in [-0.1, -0.05) is 98.7 Å². The maximum absolute atomic E-state index is 4.75. The molecule has 2 aromatic carbocycles. The second-order valence-electron chi connectivity index (χ2n) is 9.40. The Kier molecular flexibility index (Phi) is 6.36. The van der Waals surface area contributed by atoms with E-state index in [1.165, 1.54) is 43.8 Å². The molecule has 0 atom stereocenters. The molecule has 0 aliphatic carbocycles. The molecule has 5 rings (SSSR count). The van der Waals surface area contributed by atoms with E-state index >= 15 is 0 Å². The lowest BCUT2D eigenvalue weighted by atomic mass is 9.89. The summed E-state index contributed by atoms with van der Waals surface area (Å²) in [4.78, 5) is 9.50. The van der Waals surface area contributed by atoms with Gasteiger partial charge in [-0.3, -0.25) is 9.97 Å². The molecule has 174 valence electrons. The number of pyridine rings is 2.